The molecule has 4 atom stereocenters. The van der Waals surface area contributed by atoms with Gasteiger partial charge in [0.25, 0.3) is 0 Å². The van der Waals surface area contributed by atoms with E-state index in [9.17, 15) is 4.79 Å². The van der Waals surface area contributed by atoms with Crippen LogP contribution in [0.1, 0.15) is 46.5 Å². The van der Waals surface area contributed by atoms with Gasteiger partial charge in [-0.3, -0.25) is 4.79 Å². The molecule has 0 aromatic heterocycles. The summed E-state index contributed by atoms with van der Waals surface area (Å²) in [5, 5.41) is 3.21. The van der Waals surface area contributed by atoms with Crippen molar-refractivity contribution in [3.8, 4) is 0 Å². The molecular formula is C15H31ClN2O2. The number of amides is 1. The van der Waals surface area contributed by atoms with Gasteiger partial charge in [-0.15, -0.1) is 12.4 Å². The summed E-state index contributed by atoms with van der Waals surface area (Å²) in [4.78, 5) is 12.1. The molecule has 0 aromatic rings. The summed E-state index contributed by atoms with van der Waals surface area (Å²) in [6.45, 7) is 7.15. The third kappa shape index (κ3) is 5.98. The molecule has 0 heterocycles. The summed E-state index contributed by atoms with van der Waals surface area (Å²) in [7, 11) is 1.60. The van der Waals surface area contributed by atoms with E-state index in [0.717, 1.165) is 6.42 Å². The summed E-state index contributed by atoms with van der Waals surface area (Å²) < 4.78 is 5.17. The first-order valence-electron chi connectivity index (χ1n) is 7.50. The quantitative estimate of drug-likeness (QED) is 0.791. The maximum atomic E-state index is 12.1. The second kappa shape index (κ2) is 9.59. The van der Waals surface area contributed by atoms with E-state index in [1.54, 1.807) is 7.11 Å². The maximum Gasteiger partial charge on any atom is 0.222 e. The van der Waals surface area contributed by atoms with Crippen molar-refractivity contribution in [1.82, 2.24) is 5.32 Å². The lowest BCUT2D eigenvalue weighted by Gasteiger charge is -2.38. The van der Waals surface area contributed by atoms with Gasteiger partial charge in [0.1, 0.15) is 0 Å². The Morgan fingerprint density at radius 1 is 1.40 bits per heavy atom. The predicted octanol–water partition coefficient (Wildman–Crippen LogP) is 2.35. The van der Waals surface area contributed by atoms with Gasteiger partial charge in [-0.05, 0) is 30.6 Å². The molecule has 0 aliphatic heterocycles. The fraction of sp³-hybridized carbons (Fsp3) is 0.933. The molecule has 5 heteroatoms. The van der Waals surface area contributed by atoms with Crippen LogP contribution in [0, 0.1) is 17.8 Å². The highest BCUT2D eigenvalue weighted by Crippen LogP contribution is 2.33. The Hall–Kier alpha value is -0.320. The fourth-order valence-electron chi connectivity index (χ4n) is 3.10. The van der Waals surface area contributed by atoms with Crippen molar-refractivity contribution in [2.24, 2.45) is 23.5 Å². The molecule has 4 nitrogen and oxygen atoms in total. The van der Waals surface area contributed by atoms with Crippen LogP contribution >= 0.6 is 12.4 Å². The average Bonchev–Trinajstić information content (AvgIpc) is 2.35. The van der Waals surface area contributed by atoms with E-state index >= 15 is 0 Å². The van der Waals surface area contributed by atoms with Gasteiger partial charge in [-0.1, -0.05) is 27.2 Å². The number of carbonyl (C=O) groups is 1. The van der Waals surface area contributed by atoms with E-state index in [1.807, 2.05) is 0 Å². The van der Waals surface area contributed by atoms with Crippen molar-refractivity contribution in [3.05, 3.63) is 0 Å². The molecule has 20 heavy (non-hydrogen) atoms. The highest BCUT2D eigenvalue weighted by Gasteiger charge is 2.31. The first-order chi connectivity index (χ1) is 8.97. The average molecular weight is 307 g/mol. The zero-order chi connectivity index (χ0) is 14.4. The monoisotopic (exact) mass is 306 g/mol. The highest BCUT2D eigenvalue weighted by atomic mass is 35.5. The van der Waals surface area contributed by atoms with E-state index in [4.69, 9.17) is 10.5 Å². The number of halogens is 1. The van der Waals surface area contributed by atoms with Crippen molar-refractivity contribution in [1.29, 1.82) is 0 Å². The summed E-state index contributed by atoms with van der Waals surface area (Å²) in [5.74, 6) is 1.99. The number of hydrogen-bond donors (Lipinski definition) is 2. The maximum absolute atomic E-state index is 12.1. The number of nitrogens with two attached hydrogens (primary N) is 1. The normalized spacial score (nSPS) is 27.8. The number of methoxy groups -OCH3 is 1. The third-order valence-corrected chi connectivity index (χ3v) is 4.38. The van der Waals surface area contributed by atoms with Gasteiger partial charge >= 0.3 is 0 Å². The lowest BCUT2D eigenvalue weighted by atomic mass is 9.74. The van der Waals surface area contributed by atoms with Crippen LogP contribution in [0.4, 0.5) is 0 Å². The number of hydrogen-bond acceptors (Lipinski definition) is 3. The molecule has 1 rings (SSSR count). The standard InChI is InChI=1S/C15H30N2O2.ClH/c1-10(2)13-6-5-11(3)7-14(13)17-15(18)8-12(9-16)19-4;/h10-14H,5-9,16H2,1-4H3,(H,17,18);1H. The largest absolute Gasteiger partial charge is 0.380 e. The summed E-state index contributed by atoms with van der Waals surface area (Å²) >= 11 is 0. The Kier molecular flexibility index (Phi) is 9.43. The van der Waals surface area contributed by atoms with E-state index in [2.05, 4.69) is 26.1 Å². The summed E-state index contributed by atoms with van der Waals surface area (Å²) in [6.07, 6.45) is 3.78. The molecule has 0 saturated heterocycles. The minimum absolute atomic E-state index is 0. The SMILES string of the molecule is COC(CN)CC(=O)NC1CC(C)CCC1C(C)C.Cl. The third-order valence-electron chi connectivity index (χ3n) is 4.38. The van der Waals surface area contributed by atoms with Gasteiger partial charge in [0.05, 0.1) is 12.5 Å². The van der Waals surface area contributed by atoms with Crippen LogP contribution in [0.15, 0.2) is 0 Å². The van der Waals surface area contributed by atoms with Crippen LogP contribution in [0.2, 0.25) is 0 Å². The topological polar surface area (TPSA) is 64.3 Å². The van der Waals surface area contributed by atoms with E-state index in [-0.39, 0.29) is 24.4 Å². The van der Waals surface area contributed by atoms with Crippen LogP contribution in [0.3, 0.4) is 0 Å². The van der Waals surface area contributed by atoms with Gasteiger partial charge in [-0.2, -0.15) is 0 Å². The number of nitrogens with one attached hydrogen (secondary N) is 1. The lowest BCUT2D eigenvalue weighted by molar-refractivity contribution is -0.125. The summed E-state index contributed by atoms with van der Waals surface area (Å²) in [5.41, 5.74) is 5.56. The Balaban J connectivity index is 0.00000361. The molecule has 0 radical (unpaired) electrons. The van der Waals surface area contributed by atoms with Gasteiger partial charge in [0.15, 0.2) is 0 Å². The first kappa shape index (κ1) is 19.7. The first-order valence-corrected chi connectivity index (χ1v) is 7.50. The molecule has 1 aliphatic carbocycles. The number of rotatable bonds is 6. The molecule has 0 aromatic carbocycles. The molecule has 4 unspecified atom stereocenters. The summed E-state index contributed by atoms with van der Waals surface area (Å²) in [6, 6.07) is 0.312. The molecule has 0 spiro atoms. The Morgan fingerprint density at radius 3 is 2.55 bits per heavy atom. The Morgan fingerprint density at radius 2 is 2.05 bits per heavy atom. The van der Waals surface area contributed by atoms with Crippen LogP contribution in [-0.2, 0) is 9.53 Å². The van der Waals surface area contributed by atoms with Crippen molar-refractivity contribution in [2.75, 3.05) is 13.7 Å². The van der Waals surface area contributed by atoms with E-state index < -0.39 is 0 Å². The van der Waals surface area contributed by atoms with Gasteiger partial charge in [0.2, 0.25) is 5.91 Å². The van der Waals surface area contributed by atoms with Gasteiger partial charge < -0.3 is 15.8 Å². The van der Waals surface area contributed by atoms with Crippen LogP contribution in [-0.4, -0.2) is 31.7 Å². The van der Waals surface area contributed by atoms with E-state index in [0.29, 0.717) is 36.8 Å². The number of ether oxygens (including phenoxy) is 1. The lowest BCUT2D eigenvalue weighted by Crippen LogP contribution is -2.46. The van der Waals surface area contributed by atoms with E-state index in [1.165, 1.54) is 12.8 Å². The molecule has 1 fully saturated rings. The Bertz CT molecular complexity index is 283. The van der Waals surface area contributed by atoms with Crippen LogP contribution < -0.4 is 11.1 Å². The zero-order valence-electron chi connectivity index (χ0n) is 13.2. The molecule has 0 bridgehead atoms. The smallest absolute Gasteiger partial charge is 0.222 e. The molecule has 3 N–H and O–H groups in total. The molecule has 120 valence electrons. The van der Waals surface area contributed by atoms with Crippen molar-refractivity contribution in [3.63, 3.8) is 0 Å². The Labute approximate surface area is 129 Å². The predicted molar refractivity (Wildman–Crippen MR) is 85.0 cm³/mol. The zero-order valence-corrected chi connectivity index (χ0v) is 14.0. The highest BCUT2D eigenvalue weighted by molar-refractivity contribution is 5.85. The second-order valence-corrected chi connectivity index (χ2v) is 6.30. The molecule has 1 aliphatic rings. The number of carbonyl (C=O) groups excluding carboxylic acids is 1. The van der Waals surface area contributed by atoms with Crippen molar-refractivity contribution in [2.45, 2.75) is 58.6 Å². The minimum Gasteiger partial charge on any atom is -0.380 e. The van der Waals surface area contributed by atoms with Crippen LogP contribution in [0.5, 0.6) is 0 Å². The molecule has 1 saturated carbocycles. The molecular weight excluding hydrogens is 276 g/mol. The van der Waals surface area contributed by atoms with Crippen molar-refractivity contribution < 1.29 is 9.53 Å². The molecule has 1 amide bonds. The minimum atomic E-state index is -0.168. The fourth-order valence-corrected chi connectivity index (χ4v) is 3.10. The van der Waals surface area contributed by atoms with Gasteiger partial charge in [0, 0.05) is 19.7 Å². The second-order valence-electron chi connectivity index (χ2n) is 6.30. The van der Waals surface area contributed by atoms with Gasteiger partial charge in [-0.25, -0.2) is 0 Å². The van der Waals surface area contributed by atoms with Crippen LogP contribution in [0.25, 0.3) is 0 Å². The van der Waals surface area contributed by atoms with Crippen molar-refractivity contribution >= 4 is 18.3 Å².